The average Bonchev–Trinajstić information content (AvgIpc) is 2.98. The van der Waals surface area contributed by atoms with Gasteiger partial charge in [0.15, 0.2) is 0 Å². The van der Waals surface area contributed by atoms with Crippen molar-refractivity contribution in [1.29, 1.82) is 0 Å². The van der Waals surface area contributed by atoms with Gasteiger partial charge in [0.25, 0.3) is 0 Å². The van der Waals surface area contributed by atoms with E-state index in [2.05, 4.69) is 10.6 Å². The number of rotatable bonds is 6. The number of carbonyl (C=O) groups is 2. The molecule has 1 heterocycles. The van der Waals surface area contributed by atoms with Crippen LogP contribution in [0.25, 0.3) is 11.0 Å². The van der Waals surface area contributed by atoms with E-state index < -0.39 is 0 Å². The molecule has 0 spiro atoms. The number of nitrogens with one attached hydrogen (secondary N) is 2. The van der Waals surface area contributed by atoms with E-state index in [0.29, 0.717) is 6.42 Å². The molecule has 3 unspecified atom stereocenters. The van der Waals surface area contributed by atoms with Crippen molar-refractivity contribution in [3.63, 3.8) is 0 Å². The zero-order valence-electron chi connectivity index (χ0n) is 17.4. The largest absolute Gasteiger partial charge is 0.459 e. The van der Waals surface area contributed by atoms with Gasteiger partial charge in [0.1, 0.15) is 11.3 Å². The second kappa shape index (κ2) is 8.80. The molecule has 1 aliphatic rings. The molecule has 5 nitrogen and oxygen atoms in total. The van der Waals surface area contributed by atoms with Gasteiger partial charge in [0, 0.05) is 29.3 Å². The molecule has 1 aliphatic carbocycles. The number of amides is 2. The minimum atomic E-state index is -0.177. The maximum absolute atomic E-state index is 12.6. The Labute approximate surface area is 167 Å². The van der Waals surface area contributed by atoms with Gasteiger partial charge in [-0.25, -0.2) is 0 Å². The summed E-state index contributed by atoms with van der Waals surface area (Å²) in [4.78, 5) is 24.9. The van der Waals surface area contributed by atoms with Crippen molar-refractivity contribution < 1.29 is 14.0 Å². The van der Waals surface area contributed by atoms with Crippen LogP contribution in [0.2, 0.25) is 0 Å². The van der Waals surface area contributed by atoms with Crippen LogP contribution in [0.4, 0.5) is 0 Å². The first-order valence-corrected chi connectivity index (χ1v) is 10.4. The molecule has 2 amide bonds. The van der Waals surface area contributed by atoms with E-state index in [-0.39, 0.29) is 35.7 Å². The molecule has 0 aliphatic heterocycles. The highest BCUT2D eigenvalue weighted by molar-refractivity contribution is 5.83. The fourth-order valence-electron chi connectivity index (χ4n) is 4.35. The van der Waals surface area contributed by atoms with Gasteiger partial charge < -0.3 is 15.1 Å². The highest BCUT2D eigenvalue weighted by Crippen LogP contribution is 2.32. The Kier molecular flexibility index (Phi) is 6.42. The van der Waals surface area contributed by atoms with Crippen molar-refractivity contribution in [1.82, 2.24) is 10.6 Å². The molecular formula is C23H32N2O3. The molecule has 3 atom stereocenters. The number of benzene rings is 1. The first-order valence-electron chi connectivity index (χ1n) is 10.4. The van der Waals surface area contributed by atoms with E-state index in [0.717, 1.165) is 48.0 Å². The third kappa shape index (κ3) is 4.75. The summed E-state index contributed by atoms with van der Waals surface area (Å²) >= 11 is 0. The number of fused-ring (bicyclic) bond motifs is 1. The van der Waals surface area contributed by atoms with Gasteiger partial charge in [-0.15, -0.1) is 0 Å². The summed E-state index contributed by atoms with van der Waals surface area (Å²) in [5.41, 5.74) is 1.92. The maximum Gasteiger partial charge on any atom is 0.223 e. The van der Waals surface area contributed by atoms with E-state index in [1.54, 1.807) is 0 Å². The van der Waals surface area contributed by atoms with E-state index in [1.807, 2.05) is 52.0 Å². The van der Waals surface area contributed by atoms with Gasteiger partial charge in [-0.2, -0.15) is 0 Å². The fourth-order valence-corrected chi connectivity index (χ4v) is 4.35. The highest BCUT2D eigenvalue weighted by Gasteiger charge is 2.29. The van der Waals surface area contributed by atoms with Crippen molar-refractivity contribution in [2.75, 3.05) is 0 Å². The van der Waals surface area contributed by atoms with Crippen molar-refractivity contribution in [3.8, 4) is 0 Å². The Morgan fingerprint density at radius 3 is 2.61 bits per heavy atom. The predicted molar refractivity (Wildman–Crippen MR) is 111 cm³/mol. The molecule has 3 rings (SSSR count). The number of furan rings is 1. The minimum absolute atomic E-state index is 0.0299. The van der Waals surface area contributed by atoms with Crippen molar-refractivity contribution in [2.24, 2.45) is 11.8 Å². The van der Waals surface area contributed by atoms with Crippen molar-refractivity contribution >= 4 is 22.8 Å². The zero-order valence-corrected chi connectivity index (χ0v) is 17.4. The van der Waals surface area contributed by atoms with Crippen LogP contribution in [0.3, 0.4) is 0 Å². The molecule has 152 valence electrons. The zero-order chi connectivity index (χ0) is 20.3. The molecule has 1 saturated carbocycles. The van der Waals surface area contributed by atoms with Gasteiger partial charge in [0.2, 0.25) is 11.8 Å². The molecule has 1 aromatic heterocycles. The van der Waals surface area contributed by atoms with E-state index >= 15 is 0 Å². The lowest BCUT2D eigenvalue weighted by molar-refractivity contribution is -0.128. The van der Waals surface area contributed by atoms with E-state index in [9.17, 15) is 9.59 Å². The standard InChI is InChI=1S/C23H32N2O3/c1-14(2)24-23(27)18-9-7-8-17(12-18)13-21(26)25-16(4)22-15(3)19-10-5-6-11-20(19)28-22/h5-6,10-11,14,16-18H,7-9,12-13H2,1-4H3,(H,24,27)(H,25,26). The number of carbonyl (C=O) groups excluding carboxylic acids is 2. The van der Waals surface area contributed by atoms with Crippen LogP contribution in [-0.4, -0.2) is 17.9 Å². The highest BCUT2D eigenvalue weighted by atomic mass is 16.3. The lowest BCUT2D eigenvalue weighted by atomic mass is 9.79. The quantitative estimate of drug-likeness (QED) is 0.762. The molecule has 1 fully saturated rings. The van der Waals surface area contributed by atoms with Crippen LogP contribution in [0.15, 0.2) is 28.7 Å². The lowest BCUT2D eigenvalue weighted by Crippen LogP contribution is -2.38. The molecule has 28 heavy (non-hydrogen) atoms. The van der Waals surface area contributed by atoms with E-state index in [4.69, 9.17) is 4.42 Å². The van der Waals surface area contributed by atoms with Crippen LogP contribution < -0.4 is 10.6 Å². The molecule has 0 bridgehead atoms. The monoisotopic (exact) mass is 384 g/mol. The van der Waals surface area contributed by atoms with E-state index in [1.165, 1.54) is 0 Å². The average molecular weight is 385 g/mol. The van der Waals surface area contributed by atoms with Crippen LogP contribution >= 0.6 is 0 Å². The Bertz CT molecular complexity index is 839. The normalized spacial score (nSPS) is 20.9. The number of hydrogen-bond acceptors (Lipinski definition) is 3. The Hall–Kier alpha value is -2.30. The summed E-state index contributed by atoms with van der Waals surface area (Å²) in [5.74, 6) is 1.27. The molecule has 0 radical (unpaired) electrons. The maximum atomic E-state index is 12.6. The number of aryl methyl sites for hydroxylation is 1. The van der Waals surface area contributed by atoms with Crippen LogP contribution in [0.5, 0.6) is 0 Å². The van der Waals surface area contributed by atoms with Gasteiger partial charge in [-0.05, 0) is 58.9 Å². The fraction of sp³-hybridized carbons (Fsp3) is 0.565. The first kappa shape index (κ1) is 20.4. The summed E-state index contributed by atoms with van der Waals surface area (Å²) in [6, 6.07) is 7.91. The summed E-state index contributed by atoms with van der Waals surface area (Å²) < 4.78 is 5.97. The van der Waals surface area contributed by atoms with Gasteiger partial charge >= 0.3 is 0 Å². The first-order chi connectivity index (χ1) is 13.3. The van der Waals surface area contributed by atoms with Crippen LogP contribution in [0.1, 0.15) is 70.2 Å². The summed E-state index contributed by atoms with van der Waals surface area (Å²) in [5, 5.41) is 7.18. The van der Waals surface area contributed by atoms with Crippen LogP contribution in [-0.2, 0) is 9.59 Å². The smallest absolute Gasteiger partial charge is 0.223 e. The molecule has 1 aromatic carbocycles. The lowest BCUT2D eigenvalue weighted by Gasteiger charge is -2.29. The van der Waals surface area contributed by atoms with Gasteiger partial charge in [0.05, 0.1) is 6.04 Å². The molecule has 2 N–H and O–H groups in total. The summed E-state index contributed by atoms with van der Waals surface area (Å²) in [6.07, 6.45) is 4.20. The van der Waals surface area contributed by atoms with Gasteiger partial charge in [-0.3, -0.25) is 9.59 Å². The molecule has 0 saturated heterocycles. The summed E-state index contributed by atoms with van der Waals surface area (Å²) in [6.45, 7) is 7.95. The van der Waals surface area contributed by atoms with Crippen molar-refractivity contribution in [3.05, 3.63) is 35.6 Å². The second-order valence-corrected chi connectivity index (χ2v) is 8.47. The van der Waals surface area contributed by atoms with Gasteiger partial charge in [-0.1, -0.05) is 24.6 Å². The Balaban J connectivity index is 1.57. The third-order valence-corrected chi connectivity index (χ3v) is 5.71. The predicted octanol–water partition coefficient (Wildman–Crippen LogP) is 4.64. The second-order valence-electron chi connectivity index (χ2n) is 8.47. The SMILES string of the molecule is Cc1c(C(C)NC(=O)CC2CCCC(C(=O)NC(C)C)C2)oc2ccccc12. The topological polar surface area (TPSA) is 71.3 Å². The third-order valence-electron chi connectivity index (χ3n) is 5.71. The van der Waals surface area contributed by atoms with Crippen molar-refractivity contribution in [2.45, 2.75) is 71.9 Å². The van der Waals surface area contributed by atoms with Crippen LogP contribution in [0, 0.1) is 18.8 Å². The number of hydrogen-bond donors (Lipinski definition) is 2. The molecule has 2 aromatic rings. The number of para-hydroxylation sites is 1. The summed E-state index contributed by atoms with van der Waals surface area (Å²) in [7, 11) is 0. The molecular weight excluding hydrogens is 352 g/mol. The minimum Gasteiger partial charge on any atom is -0.459 e. The molecule has 5 heteroatoms. The Morgan fingerprint density at radius 2 is 1.89 bits per heavy atom. The Morgan fingerprint density at radius 1 is 1.14 bits per heavy atom.